The van der Waals surface area contributed by atoms with Gasteiger partial charge in [-0.25, -0.2) is 0 Å². The summed E-state index contributed by atoms with van der Waals surface area (Å²) in [6.07, 6.45) is 0. The first-order valence-electron chi connectivity index (χ1n) is 7.06. The van der Waals surface area contributed by atoms with Gasteiger partial charge >= 0.3 is 0 Å². The third-order valence-electron chi connectivity index (χ3n) is 3.48. The molecule has 2 rings (SSSR count). The number of rotatable bonds is 3. The number of hydrogen-bond donors (Lipinski definition) is 3. The second-order valence-electron chi connectivity index (χ2n) is 5.08. The van der Waals surface area contributed by atoms with Gasteiger partial charge in [0.2, 0.25) is 0 Å². The van der Waals surface area contributed by atoms with E-state index in [-0.39, 0.29) is 16.4 Å². The molecule has 0 saturated carbocycles. The predicted molar refractivity (Wildman–Crippen MR) is 95.8 cm³/mol. The Labute approximate surface area is 144 Å². The van der Waals surface area contributed by atoms with Crippen LogP contribution in [0.1, 0.15) is 21.5 Å². The monoisotopic (exact) mass is 344 g/mol. The summed E-state index contributed by atoms with van der Waals surface area (Å²) < 4.78 is 0. The minimum absolute atomic E-state index is 0.0772. The van der Waals surface area contributed by atoms with Crippen molar-refractivity contribution in [2.45, 2.75) is 13.8 Å². The Bertz CT molecular complexity index is 790. The Morgan fingerprint density at radius 3 is 2.38 bits per heavy atom. The molecule has 1 amide bonds. The van der Waals surface area contributed by atoms with E-state index in [0.717, 1.165) is 16.8 Å². The number of nitro groups is 1. The predicted octanol–water partition coefficient (Wildman–Crippen LogP) is 2.84. The number of hydrogen-bond acceptors (Lipinski definition) is 4. The van der Waals surface area contributed by atoms with Gasteiger partial charge in [0.15, 0.2) is 5.11 Å². The smallest absolute Gasteiger partial charge is 0.269 e. The Balaban J connectivity index is 1.92. The first-order valence-corrected chi connectivity index (χ1v) is 7.47. The zero-order chi connectivity index (χ0) is 17.7. The van der Waals surface area contributed by atoms with Gasteiger partial charge < -0.3 is 5.32 Å². The van der Waals surface area contributed by atoms with Crippen LogP contribution >= 0.6 is 12.2 Å². The number of nitrogens with one attached hydrogen (secondary N) is 3. The van der Waals surface area contributed by atoms with Gasteiger partial charge in [-0.1, -0.05) is 12.1 Å². The van der Waals surface area contributed by atoms with Crippen molar-refractivity contribution in [1.29, 1.82) is 0 Å². The third-order valence-corrected chi connectivity index (χ3v) is 3.69. The molecular weight excluding hydrogens is 328 g/mol. The van der Waals surface area contributed by atoms with E-state index < -0.39 is 10.8 Å². The van der Waals surface area contributed by atoms with Crippen molar-refractivity contribution in [1.82, 2.24) is 10.9 Å². The summed E-state index contributed by atoms with van der Waals surface area (Å²) in [6, 6.07) is 11.1. The van der Waals surface area contributed by atoms with Crippen molar-refractivity contribution in [2.24, 2.45) is 0 Å². The number of non-ortho nitro benzene ring substituents is 1. The van der Waals surface area contributed by atoms with Crippen molar-refractivity contribution >= 4 is 34.6 Å². The van der Waals surface area contributed by atoms with E-state index in [1.54, 1.807) is 0 Å². The zero-order valence-corrected chi connectivity index (χ0v) is 13.9. The lowest BCUT2D eigenvalue weighted by molar-refractivity contribution is -0.384. The number of nitrogens with zero attached hydrogens (tertiary/aromatic N) is 1. The molecular formula is C16H16N4O3S. The van der Waals surface area contributed by atoms with Gasteiger partial charge in [0.1, 0.15) is 0 Å². The minimum atomic E-state index is -0.525. The molecule has 24 heavy (non-hydrogen) atoms. The molecule has 0 bridgehead atoms. The molecule has 0 aliphatic carbocycles. The van der Waals surface area contributed by atoms with Crippen LogP contribution < -0.4 is 16.2 Å². The number of anilines is 1. The van der Waals surface area contributed by atoms with Crippen LogP contribution in [0.5, 0.6) is 0 Å². The van der Waals surface area contributed by atoms with Crippen molar-refractivity contribution in [3.05, 3.63) is 69.3 Å². The van der Waals surface area contributed by atoms with Crippen LogP contribution in [0.3, 0.4) is 0 Å². The van der Waals surface area contributed by atoms with Gasteiger partial charge in [-0.2, -0.15) is 0 Å². The van der Waals surface area contributed by atoms with Gasteiger partial charge in [0.05, 0.1) is 4.92 Å². The maximum atomic E-state index is 12.0. The standard InChI is InChI=1S/C16H16N4O3S/c1-10-4-3-5-14(11(10)2)17-16(24)19-18-15(21)12-6-8-13(9-7-12)20(22)23/h3-9H,1-2H3,(H,18,21)(H2,17,19,24). The van der Waals surface area contributed by atoms with Crippen LogP contribution in [0.2, 0.25) is 0 Å². The Morgan fingerprint density at radius 2 is 1.75 bits per heavy atom. The molecule has 0 radical (unpaired) electrons. The van der Waals surface area contributed by atoms with Gasteiger partial charge in [-0.3, -0.25) is 25.8 Å². The van der Waals surface area contributed by atoms with Crippen LogP contribution in [-0.4, -0.2) is 15.9 Å². The number of nitro benzene ring substituents is 1. The molecule has 0 fully saturated rings. The van der Waals surface area contributed by atoms with Gasteiger partial charge in [0.25, 0.3) is 11.6 Å². The lowest BCUT2D eigenvalue weighted by Gasteiger charge is -2.14. The highest BCUT2D eigenvalue weighted by Crippen LogP contribution is 2.17. The van der Waals surface area contributed by atoms with E-state index in [9.17, 15) is 14.9 Å². The highest BCUT2D eigenvalue weighted by molar-refractivity contribution is 7.80. The molecule has 0 aromatic heterocycles. The van der Waals surface area contributed by atoms with E-state index in [1.165, 1.54) is 24.3 Å². The second-order valence-corrected chi connectivity index (χ2v) is 5.49. The molecule has 2 aromatic rings. The molecule has 8 heteroatoms. The Hall–Kier alpha value is -3.00. The van der Waals surface area contributed by atoms with Crippen LogP contribution in [0.4, 0.5) is 11.4 Å². The van der Waals surface area contributed by atoms with Crippen LogP contribution in [-0.2, 0) is 0 Å². The van der Waals surface area contributed by atoms with Crippen molar-refractivity contribution in [3.8, 4) is 0 Å². The summed E-state index contributed by atoms with van der Waals surface area (Å²) in [5.41, 5.74) is 8.27. The lowest BCUT2D eigenvalue weighted by Crippen LogP contribution is -2.43. The molecule has 2 aromatic carbocycles. The fourth-order valence-corrected chi connectivity index (χ4v) is 2.12. The fraction of sp³-hybridized carbons (Fsp3) is 0.125. The number of carbonyl (C=O) groups excluding carboxylic acids is 1. The highest BCUT2D eigenvalue weighted by atomic mass is 32.1. The van der Waals surface area contributed by atoms with E-state index in [0.29, 0.717) is 0 Å². The third kappa shape index (κ3) is 4.26. The van der Waals surface area contributed by atoms with Crippen LogP contribution in [0.15, 0.2) is 42.5 Å². The lowest BCUT2D eigenvalue weighted by atomic mass is 10.1. The summed E-state index contributed by atoms with van der Waals surface area (Å²) in [5.74, 6) is -0.449. The minimum Gasteiger partial charge on any atom is -0.331 e. The quantitative estimate of drug-likeness (QED) is 0.450. The maximum absolute atomic E-state index is 12.0. The Kier molecular flexibility index (Phi) is 5.43. The second kappa shape index (κ2) is 7.51. The summed E-state index contributed by atoms with van der Waals surface area (Å²) in [5, 5.41) is 13.8. The number of carbonyl (C=O) groups is 1. The molecule has 0 unspecified atom stereocenters. The van der Waals surface area contributed by atoms with Crippen molar-refractivity contribution in [2.75, 3.05) is 5.32 Å². The summed E-state index contributed by atoms with van der Waals surface area (Å²) >= 11 is 5.14. The van der Waals surface area contributed by atoms with E-state index in [4.69, 9.17) is 12.2 Å². The van der Waals surface area contributed by atoms with Crippen molar-refractivity contribution < 1.29 is 9.72 Å². The largest absolute Gasteiger partial charge is 0.331 e. The average Bonchev–Trinajstić information content (AvgIpc) is 2.57. The number of amides is 1. The summed E-state index contributed by atoms with van der Waals surface area (Å²) in [6.45, 7) is 3.96. The zero-order valence-electron chi connectivity index (χ0n) is 13.1. The molecule has 0 heterocycles. The number of benzene rings is 2. The van der Waals surface area contributed by atoms with Gasteiger partial charge in [-0.05, 0) is 55.4 Å². The number of thiocarbonyl (C=S) groups is 1. The summed E-state index contributed by atoms with van der Waals surface area (Å²) in [4.78, 5) is 22.0. The molecule has 3 N–H and O–H groups in total. The number of aryl methyl sites for hydroxylation is 1. The molecule has 0 spiro atoms. The maximum Gasteiger partial charge on any atom is 0.269 e. The van der Waals surface area contributed by atoms with Crippen molar-refractivity contribution in [3.63, 3.8) is 0 Å². The van der Waals surface area contributed by atoms with E-state index in [1.807, 2.05) is 32.0 Å². The topological polar surface area (TPSA) is 96.3 Å². The van der Waals surface area contributed by atoms with E-state index in [2.05, 4.69) is 16.2 Å². The molecule has 0 saturated heterocycles. The number of hydrazine groups is 1. The van der Waals surface area contributed by atoms with Gasteiger partial charge in [-0.15, -0.1) is 0 Å². The molecule has 0 aliphatic heterocycles. The van der Waals surface area contributed by atoms with Crippen LogP contribution in [0.25, 0.3) is 0 Å². The normalized spacial score (nSPS) is 9.92. The molecule has 0 aliphatic rings. The highest BCUT2D eigenvalue weighted by Gasteiger charge is 2.10. The summed E-state index contributed by atoms with van der Waals surface area (Å²) in [7, 11) is 0. The van der Waals surface area contributed by atoms with E-state index >= 15 is 0 Å². The fourth-order valence-electron chi connectivity index (χ4n) is 1.96. The molecule has 7 nitrogen and oxygen atoms in total. The molecule has 124 valence electrons. The first kappa shape index (κ1) is 17.4. The van der Waals surface area contributed by atoms with Gasteiger partial charge in [0, 0.05) is 23.4 Å². The SMILES string of the molecule is Cc1cccc(NC(=S)NNC(=O)c2ccc([N+](=O)[O-])cc2)c1C. The average molecular weight is 344 g/mol. The molecule has 0 atom stereocenters. The first-order chi connectivity index (χ1) is 11.4. The Morgan fingerprint density at radius 1 is 1.08 bits per heavy atom. The van der Waals surface area contributed by atoms with Crippen LogP contribution in [0, 0.1) is 24.0 Å².